The maximum absolute atomic E-state index is 12.5. The van der Waals surface area contributed by atoms with Crippen molar-refractivity contribution in [3.63, 3.8) is 0 Å². The highest BCUT2D eigenvalue weighted by molar-refractivity contribution is 6.04. The van der Waals surface area contributed by atoms with Crippen molar-refractivity contribution in [2.24, 2.45) is 5.92 Å². The minimum absolute atomic E-state index is 0.181. The van der Waals surface area contributed by atoms with Crippen molar-refractivity contribution in [3.8, 4) is 5.75 Å². The van der Waals surface area contributed by atoms with E-state index in [0.29, 0.717) is 25.4 Å². The van der Waals surface area contributed by atoms with E-state index in [-0.39, 0.29) is 11.8 Å². The van der Waals surface area contributed by atoms with Crippen LogP contribution in [0.2, 0.25) is 0 Å². The monoisotopic (exact) mass is 314 g/mol. The zero-order valence-electron chi connectivity index (χ0n) is 13.2. The summed E-state index contributed by atoms with van der Waals surface area (Å²) >= 11 is 0. The topological polar surface area (TPSA) is 67.4 Å². The van der Waals surface area contributed by atoms with E-state index in [9.17, 15) is 9.59 Å². The Morgan fingerprint density at radius 3 is 2.83 bits per heavy atom. The average molecular weight is 314 g/mol. The molecule has 4 rings (SSSR count). The van der Waals surface area contributed by atoms with E-state index in [1.807, 2.05) is 6.07 Å². The van der Waals surface area contributed by atoms with E-state index >= 15 is 0 Å². The summed E-state index contributed by atoms with van der Waals surface area (Å²) in [6, 6.07) is 6.25. The number of ether oxygens (including phenoxy) is 1. The minimum Gasteiger partial charge on any atom is -0.492 e. The fraction of sp³-hybridized carbons (Fsp3) is 0.556. The molecule has 1 aromatic rings. The van der Waals surface area contributed by atoms with Gasteiger partial charge in [0.05, 0.1) is 0 Å². The molecule has 122 valence electrons. The quantitative estimate of drug-likeness (QED) is 0.808. The zero-order chi connectivity index (χ0) is 15.9. The summed E-state index contributed by atoms with van der Waals surface area (Å²) in [6.07, 6.45) is 4.38. The van der Waals surface area contributed by atoms with Crippen LogP contribution < -0.4 is 15.4 Å². The first-order valence-corrected chi connectivity index (χ1v) is 8.49. The van der Waals surface area contributed by atoms with Crippen LogP contribution in [0.15, 0.2) is 18.2 Å². The lowest BCUT2D eigenvalue weighted by molar-refractivity contribution is -0.138. The van der Waals surface area contributed by atoms with Gasteiger partial charge in [-0.2, -0.15) is 0 Å². The Morgan fingerprint density at radius 1 is 1.22 bits per heavy atom. The molecule has 0 bridgehead atoms. The number of carbonyl (C=O) groups is 2. The lowest BCUT2D eigenvalue weighted by Gasteiger charge is -2.30. The van der Waals surface area contributed by atoms with E-state index < -0.39 is 5.41 Å². The van der Waals surface area contributed by atoms with Crippen molar-refractivity contribution in [2.45, 2.75) is 37.5 Å². The number of hydrogen-bond donors (Lipinski definition) is 2. The maximum atomic E-state index is 12.5. The van der Waals surface area contributed by atoms with Gasteiger partial charge in [-0.25, -0.2) is 0 Å². The average Bonchev–Trinajstić information content (AvgIpc) is 2.92. The maximum Gasteiger partial charge on any atom is 0.240 e. The van der Waals surface area contributed by atoms with Gasteiger partial charge in [-0.1, -0.05) is 12.1 Å². The predicted molar refractivity (Wildman–Crippen MR) is 85.3 cm³/mol. The Balaban J connectivity index is 1.61. The molecule has 1 spiro atoms. The molecule has 1 unspecified atom stereocenters. The third-order valence-corrected chi connectivity index (χ3v) is 5.48. The third-order valence-electron chi connectivity index (χ3n) is 5.48. The van der Waals surface area contributed by atoms with Gasteiger partial charge in [0.25, 0.3) is 0 Å². The van der Waals surface area contributed by atoms with Gasteiger partial charge in [0.1, 0.15) is 17.8 Å². The van der Waals surface area contributed by atoms with E-state index in [1.165, 1.54) is 18.4 Å². The molecular weight excluding hydrogens is 292 g/mol. The molecule has 5 nitrogen and oxygen atoms in total. The van der Waals surface area contributed by atoms with Crippen molar-refractivity contribution < 1.29 is 14.3 Å². The van der Waals surface area contributed by atoms with Crippen LogP contribution >= 0.6 is 0 Å². The first-order valence-electron chi connectivity index (χ1n) is 8.49. The molecule has 5 heteroatoms. The molecule has 2 N–H and O–H groups in total. The van der Waals surface area contributed by atoms with Gasteiger partial charge in [0, 0.05) is 12.0 Å². The van der Waals surface area contributed by atoms with Crippen molar-refractivity contribution >= 4 is 11.8 Å². The normalized spacial score (nSPS) is 27.7. The summed E-state index contributed by atoms with van der Waals surface area (Å²) < 4.78 is 5.76. The van der Waals surface area contributed by atoms with Crippen LogP contribution in [0.5, 0.6) is 5.75 Å². The largest absolute Gasteiger partial charge is 0.492 e. The number of fused-ring (bicyclic) bond motifs is 2. The van der Waals surface area contributed by atoms with Crippen molar-refractivity contribution in [1.82, 2.24) is 10.6 Å². The zero-order valence-corrected chi connectivity index (χ0v) is 13.2. The number of piperidine rings is 2. The van der Waals surface area contributed by atoms with E-state index in [0.717, 1.165) is 30.8 Å². The van der Waals surface area contributed by atoms with Crippen molar-refractivity contribution in [3.05, 3.63) is 29.3 Å². The van der Waals surface area contributed by atoms with E-state index in [1.54, 1.807) is 0 Å². The van der Waals surface area contributed by atoms with Gasteiger partial charge < -0.3 is 10.1 Å². The summed E-state index contributed by atoms with van der Waals surface area (Å²) in [7, 11) is 0. The minimum atomic E-state index is -0.673. The second kappa shape index (κ2) is 5.64. The molecule has 23 heavy (non-hydrogen) atoms. The SMILES string of the molecule is O=C1CCC2(COc3ccc(CC4CCNCC4)cc32)C(=O)N1. The summed E-state index contributed by atoms with van der Waals surface area (Å²) in [4.78, 5) is 23.9. The second-order valence-electron chi connectivity index (χ2n) is 6.98. The highest BCUT2D eigenvalue weighted by atomic mass is 16.5. The molecule has 3 aliphatic rings. The molecule has 0 saturated carbocycles. The predicted octanol–water partition coefficient (Wildman–Crippen LogP) is 1.30. The Hall–Kier alpha value is -1.88. The van der Waals surface area contributed by atoms with Crippen LogP contribution in [0.25, 0.3) is 0 Å². The van der Waals surface area contributed by atoms with Gasteiger partial charge in [-0.05, 0) is 56.3 Å². The van der Waals surface area contributed by atoms with E-state index in [4.69, 9.17) is 4.74 Å². The highest BCUT2D eigenvalue weighted by Gasteiger charge is 2.50. The number of benzene rings is 1. The molecule has 3 heterocycles. The molecule has 2 saturated heterocycles. The standard InChI is InChI=1S/C18H22N2O3/c21-16-3-6-18(17(22)20-16)11-23-15-2-1-13(10-14(15)18)9-12-4-7-19-8-5-12/h1-2,10,12,19H,3-9,11H2,(H,20,21,22). The molecule has 0 aromatic heterocycles. The van der Waals surface area contributed by atoms with Crippen LogP contribution in [0, 0.1) is 5.92 Å². The van der Waals surface area contributed by atoms with Gasteiger partial charge in [0.15, 0.2) is 0 Å². The van der Waals surface area contributed by atoms with Gasteiger partial charge in [-0.15, -0.1) is 0 Å². The third kappa shape index (κ3) is 2.53. The van der Waals surface area contributed by atoms with Crippen LogP contribution in [0.4, 0.5) is 0 Å². The number of carbonyl (C=O) groups excluding carboxylic acids is 2. The fourth-order valence-electron chi connectivity index (χ4n) is 4.05. The van der Waals surface area contributed by atoms with Gasteiger partial charge in [0.2, 0.25) is 11.8 Å². The van der Waals surface area contributed by atoms with Crippen molar-refractivity contribution in [2.75, 3.05) is 19.7 Å². The van der Waals surface area contributed by atoms with Crippen LogP contribution in [0.1, 0.15) is 36.8 Å². The number of hydrogen-bond acceptors (Lipinski definition) is 4. The molecule has 1 aromatic carbocycles. The Bertz CT molecular complexity index is 652. The molecule has 1 atom stereocenters. The molecule has 0 aliphatic carbocycles. The molecule has 3 aliphatic heterocycles. The number of imide groups is 1. The fourth-order valence-corrected chi connectivity index (χ4v) is 4.05. The molecule has 2 fully saturated rings. The smallest absolute Gasteiger partial charge is 0.240 e. The molecule has 2 amide bonds. The van der Waals surface area contributed by atoms with Crippen LogP contribution in [-0.4, -0.2) is 31.5 Å². The highest BCUT2D eigenvalue weighted by Crippen LogP contribution is 2.44. The van der Waals surface area contributed by atoms with Crippen LogP contribution in [0.3, 0.4) is 0 Å². The lowest BCUT2D eigenvalue weighted by Crippen LogP contribution is -2.52. The summed E-state index contributed by atoms with van der Waals surface area (Å²) in [5.74, 6) is 1.12. The summed E-state index contributed by atoms with van der Waals surface area (Å²) in [5.41, 5.74) is 1.56. The Labute approximate surface area is 135 Å². The number of amides is 2. The molecule has 0 radical (unpaired) electrons. The number of nitrogens with one attached hydrogen (secondary N) is 2. The van der Waals surface area contributed by atoms with Gasteiger partial charge >= 0.3 is 0 Å². The Kier molecular flexibility index (Phi) is 3.60. The Morgan fingerprint density at radius 2 is 2.04 bits per heavy atom. The van der Waals surface area contributed by atoms with E-state index in [2.05, 4.69) is 22.8 Å². The van der Waals surface area contributed by atoms with Crippen molar-refractivity contribution in [1.29, 1.82) is 0 Å². The first-order chi connectivity index (χ1) is 11.2. The van der Waals surface area contributed by atoms with Gasteiger partial charge in [-0.3, -0.25) is 14.9 Å². The second-order valence-corrected chi connectivity index (χ2v) is 6.98. The van der Waals surface area contributed by atoms with Crippen LogP contribution in [-0.2, 0) is 21.4 Å². The molecular formula is C18H22N2O3. The summed E-state index contributed by atoms with van der Waals surface area (Å²) in [5, 5.41) is 5.88. The first kappa shape index (κ1) is 14.7. The summed E-state index contributed by atoms with van der Waals surface area (Å²) in [6.45, 7) is 2.53. The lowest BCUT2D eigenvalue weighted by atomic mass is 9.74. The number of rotatable bonds is 2.